The van der Waals surface area contributed by atoms with Crippen molar-refractivity contribution in [2.75, 3.05) is 6.61 Å². The molecule has 0 radical (unpaired) electrons. The first kappa shape index (κ1) is 8.81. The smallest absolute Gasteiger partial charge is 0.341 e. The molecule has 0 unspecified atom stereocenters. The molecule has 0 bridgehead atoms. The second-order valence-corrected chi connectivity index (χ2v) is 2.86. The number of hydrogen-bond donors (Lipinski definition) is 0. The van der Waals surface area contributed by atoms with E-state index in [0.29, 0.717) is 17.8 Å². The van der Waals surface area contributed by atoms with E-state index in [2.05, 4.69) is 0 Å². The van der Waals surface area contributed by atoms with Gasteiger partial charge in [-0.1, -0.05) is 12.1 Å². The zero-order valence-electron chi connectivity index (χ0n) is 7.82. The molecule has 0 N–H and O–H groups in total. The molecule has 14 heavy (non-hydrogen) atoms. The maximum absolute atomic E-state index is 11.5. The highest BCUT2D eigenvalue weighted by Gasteiger charge is 2.12. The number of carbonyl (C=O) groups is 1. The maximum Gasteiger partial charge on any atom is 0.341 e. The Morgan fingerprint density at radius 2 is 2.29 bits per heavy atom. The van der Waals surface area contributed by atoms with Crippen LogP contribution in [0, 0.1) is 0 Å². The van der Waals surface area contributed by atoms with Gasteiger partial charge in [0.1, 0.15) is 11.1 Å². The number of hydrogen-bond acceptors (Lipinski definition) is 3. The summed E-state index contributed by atoms with van der Waals surface area (Å²) >= 11 is 0. The Labute approximate surface area is 81.3 Å². The molecule has 0 amide bonds. The van der Waals surface area contributed by atoms with Gasteiger partial charge in [-0.05, 0) is 19.1 Å². The highest BCUT2D eigenvalue weighted by molar-refractivity contribution is 6.01. The monoisotopic (exact) mass is 190 g/mol. The van der Waals surface area contributed by atoms with Crippen molar-refractivity contribution < 1.29 is 13.9 Å². The van der Waals surface area contributed by atoms with E-state index in [1.807, 2.05) is 18.2 Å². The van der Waals surface area contributed by atoms with E-state index in [4.69, 9.17) is 9.15 Å². The zero-order chi connectivity index (χ0) is 9.97. The summed E-state index contributed by atoms with van der Waals surface area (Å²) in [6.07, 6.45) is 1.56. The van der Waals surface area contributed by atoms with Gasteiger partial charge < -0.3 is 9.15 Å². The molecule has 0 atom stereocenters. The van der Waals surface area contributed by atoms with E-state index < -0.39 is 0 Å². The predicted octanol–water partition coefficient (Wildman–Crippen LogP) is 2.61. The van der Waals surface area contributed by atoms with E-state index in [9.17, 15) is 4.79 Å². The number of ether oxygens (including phenoxy) is 1. The Balaban J connectivity index is 2.50. The number of esters is 1. The lowest BCUT2D eigenvalue weighted by Gasteiger charge is -2.01. The van der Waals surface area contributed by atoms with Crippen LogP contribution in [0.25, 0.3) is 11.0 Å². The molecule has 0 saturated carbocycles. The van der Waals surface area contributed by atoms with Crippen molar-refractivity contribution in [3.8, 4) is 0 Å². The number of benzene rings is 1. The maximum atomic E-state index is 11.5. The summed E-state index contributed by atoms with van der Waals surface area (Å²) in [6, 6.07) is 7.22. The van der Waals surface area contributed by atoms with E-state index >= 15 is 0 Å². The molecule has 0 aliphatic carbocycles. The molecule has 2 aromatic rings. The third-order valence-electron chi connectivity index (χ3n) is 1.97. The Bertz CT molecular complexity index is 456. The minimum absolute atomic E-state index is 0.340. The van der Waals surface area contributed by atoms with E-state index in [0.717, 1.165) is 5.39 Å². The fourth-order valence-corrected chi connectivity index (χ4v) is 1.36. The summed E-state index contributed by atoms with van der Waals surface area (Å²) < 4.78 is 10.1. The molecule has 0 fully saturated rings. The van der Waals surface area contributed by atoms with Crippen molar-refractivity contribution in [1.29, 1.82) is 0 Å². The third kappa shape index (κ3) is 1.37. The van der Waals surface area contributed by atoms with Gasteiger partial charge in [-0.25, -0.2) is 4.79 Å². The van der Waals surface area contributed by atoms with Gasteiger partial charge in [0.15, 0.2) is 0 Å². The summed E-state index contributed by atoms with van der Waals surface area (Å²) in [4.78, 5) is 11.5. The summed E-state index contributed by atoms with van der Waals surface area (Å²) in [5, 5.41) is 0.913. The van der Waals surface area contributed by atoms with Crippen molar-refractivity contribution in [3.05, 3.63) is 36.1 Å². The van der Waals surface area contributed by atoms with Crippen molar-refractivity contribution in [3.63, 3.8) is 0 Å². The van der Waals surface area contributed by atoms with E-state index in [1.165, 1.54) is 0 Å². The van der Waals surface area contributed by atoms with Crippen LogP contribution in [0.3, 0.4) is 0 Å². The summed E-state index contributed by atoms with van der Waals surface area (Å²) in [5.41, 5.74) is 1.07. The third-order valence-corrected chi connectivity index (χ3v) is 1.97. The lowest BCUT2D eigenvalue weighted by Crippen LogP contribution is -2.04. The molecule has 0 aliphatic heterocycles. The number of carbonyl (C=O) groups excluding carboxylic acids is 1. The number of para-hydroxylation sites is 1. The van der Waals surface area contributed by atoms with Gasteiger partial charge >= 0.3 is 5.97 Å². The van der Waals surface area contributed by atoms with E-state index in [1.54, 1.807) is 19.3 Å². The van der Waals surface area contributed by atoms with Gasteiger partial charge in [0, 0.05) is 5.39 Å². The summed E-state index contributed by atoms with van der Waals surface area (Å²) in [6.45, 7) is 2.15. The van der Waals surface area contributed by atoms with Crippen LogP contribution in [0.4, 0.5) is 0 Å². The Hall–Kier alpha value is -1.77. The summed E-state index contributed by atoms with van der Waals surface area (Å²) in [5.74, 6) is -0.340. The first-order valence-electron chi connectivity index (χ1n) is 4.46. The fraction of sp³-hybridized carbons (Fsp3) is 0.182. The molecule has 2 rings (SSSR count). The minimum atomic E-state index is -0.340. The average Bonchev–Trinajstić information content (AvgIpc) is 2.65. The van der Waals surface area contributed by atoms with Gasteiger partial charge in [-0.15, -0.1) is 0 Å². The minimum Gasteiger partial charge on any atom is -0.463 e. The first-order chi connectivity index (χ1) is 6.83. The SMILES string of the molecule is CCOC(=O)c1cccc2ccoc12. The van der Waals surface area contributed by atoms with Crippen molar-refractivity contribution in [2.45, 2.75) is 6.92 Å². The molecule has 1 aromatic heterocycles. The zero-order valence-corrected chi connectivity index (χ0v) is 7.82. The van der Waals surface area contributed by atoms with Crippen LogP contribution >= 0.6 is 0 Å². The first-order valence-corrected chi connectivity index (χ1v) is 4.46. The molecule has 0 spiro atoms. The summed E-state index contributed by atoms with van der Waals surface area (Å²) in [7, 11) is 0. The van der Waals surface area contributed by atoms with Gasteiger partial charge in [0.25, 0.3) is 0 Å². The average molecular weight is 190 g/mol. The largest absolute Gasteiger partial charge is 0.463 e. The second kappa shape index (κ2) is 3.54. The quantitative estimate of drug-likeness (QED) is 0.683. The highest BCUT2D eigenvalue weighted by Crippen LogP contribution is 2.20. The van der Waals surface area contributed by atoms with Gasteiger partial charge in [0.05, 0.1) is 12.9 Å². The van der Waals surface area contributed by atoms with Crippen LogP contribution in [-0.2, 0) is 4.74 Å². The van der Waals surface area contributed by atoms with Crippen LogP contribution in [-0.4, -0.2) is 12.6 Å². The standard InChI is InChI=1S/C11H10O3/c1-2-13-11(12)9-5-3-4-8-6-7-14-10(8)9/h3-7H,2H2,1H3. The predicted molar refractivity (Wildman–Crippen MR) is 52.2 cm³/mol. The number of furan rings is 1. The van der Waals surface area contributed by atoms with Crippen LogP contribution < -0.4 is 0 Å². The molecular weight excluding hydrogens is 180 g/mol. The lowest BCUT2D eigenvalue weighted by atomic mass is 10.1. The molecule has 3 heteroatoms. The van der Waals surface area contributed by atoms with Crippen LogP contribution in [0.1, 0.15) is 17.3 Å². The molecule has 0 saturated heterocycles. The number of rotatable bonds is 2. The molecular formula is C11H10O3. The molecule has 1 aromatic carbocycles. The van der Waals surface area contributed by atoms with Crippen molar-refractivity contribution >= 4 is 16.9 Å². The van der Waals surface area contributed by atoms with Crippen LogP contribution in [0.15, 0.2) is 34.9 Å². The number of fused-ring (bicyclic) bond motifs is 1. The van der Waals surface area contributed by atoms with Crippen molar-refractivity contribution in [1.82, 2.24) is 0 Å². The second-order valence-electron chi connectivity index (χ2n) is 2.86. The Kier molecular flexibility index (Phi) is 2.23. The van der Waals surface area contributed by atoms with Crippen molar-refractivity contribution in [2.24, 2.45) is 0 Å². The Morgan fingerprint density at radius 1 is 1.43 bits per heavy atom. The topological polar surface area (TPSA) is 39.4 Å². The lowest BCUT2D eigenvalue weighted by molar-refractivity contribution is 0.0527. The highest BCUT2D eigenvalue weighted by atomic mass is 16.5. The normalized spacial score (nSPS) is 10.4. The van der Waals surface area contributed by atoms with Crippen LogP contribution in [0.2, 0.25) is 0 Å². The van der Waals surface area contributed by atoms with E-state index in [-0.39, 0.29) is 5.97 Å². The van der Waals surface area contributed by atoms with Gasteiger partial charge in [-0.2, -0.15) is 0 Å². The van der Waals surface area contributed by atoms with Gasteiger partial charge in [0.2, 0.25) is 0 Å². The Morgan fingerprint density at radius 3 is 3.07 bits per heavy atom. The molecule has 1 heterocycles. The molecule has 0 aliphatic rings. The molecule has 72 valence electrons. The molecule has 3 nitrogen and oxygen atoms in total. The van der Waals surface area contributed by atoms with Gasteiger partial charge in [-0.3, -0.25) is 0 Å². The van der Waals surface area contributed by atoms with Crippen LogP contribution in [0.5, 0.6) is 0 Å². The fourth-order valence-electron chi connectivity index (χ4n) is 1.36.